The highest BCUT2D eigenvalue weighted by molar-refractivity contribution is 6.40. The van der Waals surface area contributed by atoms with Gasteiger partial charge in [0, 0.05) is 11.6 Å². The number of hydrogen-bond donors (Lipinski definition) is 0. The van der Waals surface area contributed by atoms with Gasteiger partial charge in [-0.1, -0.05) is 23.7 Å². The molecule has 0 atom stereocenters. The molecule has 0 fully saturated rings. The Hall–Kier alpha value is -2.86. The van der Waals surface area contributed by atoms with E-state index in [0.717, 1.165) is 11.0 Å². The quantitative estimate of drug-likeness (QED) is 0.796. The van der Waals surface area contributed by atoms with Crippen LogP contribution in [-0.2, 0) is 0 Å². The summed E-state index contributed by atoms with van der Waals surface area (Å²) in [6.07, 6.45) is 0. The van der Waals surface area contributed by atoms with Gasteiger partial charge in [-0.25, -0.2) is 4.90 Å². The van der Waals surface area contributed by atoms with Gasteiger partial charge in [0.2, 0.25) is 0 Å². The highest BCUT2D eigenvalue weighted by atomic mass is 35.5. The molecule has 0 aliphatic carbocycles. The Morgan fingerprint density at radius 1 is 1.13 bits per heavy atom. The molecule has 1 heterocycles. The maximum absolute atomic E-state index is 12.5. The molecule has 0 bridgehead atoms. The predicted molar refractivity (Wildman–Crippen MR) is 79.9 cm³/mol. The third-order valence-electron chi connectivity index (χ3n) is 3.52. The fourth-order valence-corrected chi connectivity index (χ4v) is 2.70. The third kappa shape index (κ3) is 2.24. The normalized spacial score (nSPS) is 13.2. The number of nitrogens with zero attached hydrogens (tertiary/aromatic N) is 1. The highest BCUT2D eigenvalue weighted by Crippen LogP contribution is 2.37. The van der Waals surface area contributed by atoms with Crippen LogP contribution in [0.25, 0.3) is 0 Å². The molecule has 3 rings (SSSR count). The lowest BCUT2D eigenvalue weighted by atomic mass is 10.1. The third-order valence-corrected chi connectivity index (χ3v) is 3.83. The number of carboxylic acids is 1. The molecule has 2 aromatic carbocycles. The molecule has 23 heavy (non-hydrogen) atoms. The van der Waals surface area contributed by atoms with Gasteiger partial charge in [-0.15, -0.1) is 0 Å². The Balaban J connectivity index is 2.16. The minimum absolute atomic E-state index is 0.0547. The zero-order chi connectivity index (χ0) is 16.7. The maximum Gasteiger partial charge on any atom is 0.266 e. The molecule has 2 amide bonds. The van der Waals surface area contributed by atoms with E-state index in [1.54, 1.807) is 12.1 Å². The van der Waals surface area contributed by atoms with Gasteiger partial charge in [0.15, 0.2) is 0 Å². The highest BCUT2D eigenvalue weighted by Gasteiger charge is 2.37. The SMILES string of the molecule is COc1cc(N2C(=O)c3ccccc3C2=O)c(Cl)cc1C(=O)[O-]. The second kappa shape index (κ2) is 5.40. The fourth-order valence-electron chi connectivity index (χ4n) is 2.45. The van der Waals surface area contributed by atoms with Crippen LogP contribution in [0.3, 0.4) is 0 Å². The predicted octanol–water partition coefficient (Wildman–Crippen LogP) is 1.51. The first-order valence-corrected chi connectivity index (χ1v) is 6.90. The van der Waals surface area contributed by atoms with E-state index in [4.69, 9.17) is 16.3 Å². The number of aromatic carboxylic acids is 1. The summed E-state index contributed by atoms with van der Waals surface area (Å²) < 4.78 is 4.98. The van der Waals surface area contributed by atoms with Crippen molar-refractivity contribution in [2.75, 3.05) is 12.0 Å². The van der Waals surface area contributed by atoms with Crippen LogP contribution in [0, 0.1) is 0 Å². The number of carboxylic acid groups (broad SMARTS) is 1. The minimum Gasteiger partial charge on any atom is -0.545 e. The Labute approximate surface area is 135 Å². The second-order valence-corrected chi connectivity index (χ2v) is 5.19. The smallest absolute Gasteiger partial charge is 0.266 e. The zero-order valence-electron chi connectivity index (χ0n) is 11.8. The lowest BCUT2D eigenvalue weighted by molar-refractivity contribution is -0.255. The van der Waals surface area contributed by atoms with Crippen molar-refractivity contribution in [1.29, 1.82) is 0 Å². The number of benzene rings is 2. The van der Waals surface area contributed by atoms with E-state index < -0.39 is 17.8 Å². The Bertz CT molecular complexity index is 827. The topological polar surface area (TPSA) is 86.7 Å². The number of carbonyl (C=O) groups is 3. The van der Waals surface area contributed by atoms with E-state index >= 15 is 0 Å². The molecule has 116 valence electrons. The molecule has 0 aromatic heterocycles. The summed E-state index contributed by atoms with van der Waals surface area (Å²) in [5.74, 6) is -2.59. The first kappa shape index (κ1) is 15.1. The van der Waals surface area contributed by atoms with Gasteiger partial charge in [-0.3, -0.25) is 9.59 Å². The standard InChI is InChI=1S/C16H10ClNO5/c1-23-13-7-12(11(17)6-10(13)16(21)22)18-14(19)8-4-2-3-5-9(8)15(18)20/h2-7H,1H3,(H,21,22)/p-1. The molecule has 1 aliphatic rings. The number of rotatable bonds is 3. The van der Waals surface area contributed by atoms with Gasteiger partial charge in [-0.05, 0) is 18.2 Å². The van der Waals surface area contributed by atoms with Crippen LogP contribution in [-0.4, -0.2) is 24.9 Å². The summed E-state index contributed by atoms with van der Waals surface area (Å²) in [7, 11) is 1.27. The number of hydrogen-bond acceptors (Lipinski definition) is 5. The van der Waals surface area contributed by atoms with Gasteiger partial charge in [0.1, 0.15) is 5.75 Å². The lowest BCUT2D eigenvalue weighted by Crippen LogP contribution is -2.30. The van der Waals surface area contributed by atoms with E-state index in [1.807, 2.05) is 0 Å². The molecule has 0 saturated heterocycles. The Kier molecular flexibility index (Phi) is 3.54. The van der Waals surface area contributed by atoms with Crippen molar-refractivity contribution in [2.24, 2.45) is 0 Å². The number of imide groups is 1. The second-order valence-electron chi connectivity index (χ2n) is 4.78. The molecule has 0 saturated carbocycles. The summed E-state index contributed by atoms with van der Waals surface area (Å²) in [4.78, 5) is 36.9. The van der Waals surface area contributed by atoms with E-state index in [-0.39, 0.29) is 33.1 Å². The van der Waals surface area contributed by atoms with Gasteiger partial charge >= 0.3 is 0 Å². The number of halogens is 1. The molecule has 0 N–H and O–H groups in total. The fraction of sp³-hybridized carbons (Fsp3) is 0.0625. The molecule has 2 aromatic rings. The molecule has 0 spiro atoms. The number of anilines is 1. The average molecular weight is 331 g/mol. The zero-order valence-corrected chi connectivity index (χ0v) is 12.6. The van der Waals surface area contributed by atoms with E-state index in [0.29, 0.717) is 0 Å². The summed E-state index contributed by atoms with van der Waals surface area (Å²) in [6.45, 7) is 0. The molecule has 1 aliphatic heterocycles. The van der Waals surface area contributed by atoms with Crippen molar-refractivity contribution in [1.82, 2.24) is 0 Å². The van der Waals surface area contributed by atoms with Crippen LogP contribution in [0.2, 0.25) is 5.02 Å². The first-order chi connectivity index (χ1) is 11.0. The molecule has 0 unspecified atom stereocenters. The van der Waals surface area contributed by atoms with E-state index in [1.165, 1.54) is 25.3 Å². The van der Waals surface area contributed by atoms with Crippen LogP contribution in [0.5, 0.6) is 5.75 Å². The molecular weight excluding hydrogens is 322 g/mol. The molecule has 0 radical (unpaired) electrons. The van der Waals surface area contributed by atoms with E-state index in [2.05, 4.69) is 0 Å². The summed E-state index contributed by atoms with van der Waals surface area (Å²) in [5.41, 5.74) is 0.311. The molecule has 6 nitrogen and oxygen atoms in total. The minimum atomic E-state index is -1.47. The Morgan fingerprint density at radius 2 is 1.70 bits per heavy atom. The summed E-state index contributed by atoms with van der Waals surface area (Å²) >= 11 is 6.06. The van der Waals surface area contributed by atoms with Crippen molar-refractivity contribution in [3.63, 3.8) is 0 Å². The lowest BCUT2D eigenvalue weighted by Gasteiger charge is -2.19. The van der Waals surface area contributed by atoms with Crippen molar-refractivity contribution in [2.45, 2.75) is 0 Å². The number of amides is 2. The number of methoxy groups -OCH3 is 1. The maximum atomic E-state index is 12.5. The van der Waals surface area contributed by atoms with Gasteiger partial charge in [-0.2, -0.15) is 0 Å². The molecule has 7 heteroatoms. The number of carbonyl (C=O) groups excluding carboxylic acids is 3. The Morgan fingerprint density at radius 3 is 2.17 bits per heavy atom. The van der Waals surface area contributed by atoms with Crippen LogP contribution < -0.4 is 14.7 Å². The van der Waals surface area contributed by atoms with Crippen LogP contribution in [0.4, 0.5) is 5.69 Å². The first-order valence-electron chi connectivity index (χ1n) is 6.52. The summed E-state index contributed by atoms with van der Waals surface area (Å²) in [6, 6.07) is 8.69. The van der Waals surface area contributed by atoms with E-state index in [9.17, 15) is 19.5 Å². The van der Waals surface area contributed by atoms with Crippen LogP contribution in [0.1, 0.15) is 31.1 Å². The van der Waals surface area contributed by atoms with Crippen molar-refractivity contribution in [3.8, 4) is 5.75 Å². The van der Waals surface area contributed by atoms with Gasteiger partial charge in [0.25, 0.3) is 11.8 Å². The average Bonchev–Trinajstić information content (AvgIpc) is 2.79. The van der Waals surface area contributed by atoms with Gasteiger partial charge in [0.05, 0.1) is 34.9 Å². The summed E-state index contributed by atoms with van der Waals surface area (Å²) in [5, 5.41) is 11.0. The monoisotopic (exact) mass is 330 g/mol. The van der Waals surface area contributed by atoms with Gasteiger partial charge < -0.3 is 14.6 Å². The largest absolute Gasteiger partial charge is 0.545 e. The number of fused-ring (bicyclic) bond motifs is 1. The van der Waals surface area contributed by atoms with Crippen molar-refractivity contribution < 1.29 is 24.2 Å². The van der Waals surface area contributed by atoms with Crippen molar-refractivity contribution in [3.05, 3.63) is 58.1 Å². The number of ether oxygens (including phenoxy) is 1. The van der Waals surface area contributed by atoms with Crippen LogP contribution in [0.15, 0.2) is 36.4 Å². The van der Waals surface area contributed by atoms with Crippen LogP contribution >= 0.6 is 11.6 Å². The molecular formula is C16H9ClNO5-. The van der Waals surface area contributed by atoms with Crippen molar-refractivity contribution >= 4 is 35.1 Å².